The molecule has 2 N–H and O–H groups in total. The molecule has 0 bridgehead atoms. The molecule has 0 aromatic carbocycles. The van der Waals surface area contributed by atoms with E-state index in [9.17, 15) is 0 Å². The molecule has 1 aliphatic carbocycles. The minimum atomic E-state index is -0.333. The van der Waals surface area contributed by atoms with E-state index in [1.165, 1.54) is 25.8 Å². The number of hydrogen-bond acceptors (Lipinski definition) is 2. The smallest absolute Gasteiger partial charge is 0.170 e. The van der Waals surface area contributed by atoms with E-state index in [4.69, 9.17) is 21.1 Å². The van der Waals surface area contributed by atoms with E-state index in [0.717, 1.165) is 32.3 Å². The molecule has 1 saturated carbocycles. The summed E-state index contributed by atoms with van der Waals surface area (Å²) >= 11 is 6.25. The van der Waals surface area contributed by atoms with E-state index in [1.54, 1.807) is 0 Å². The Balaban J connectivity index is 0.00000120. The number of halogens is 2. The first-order valence-electron chi connectivity index (χ1n) is 7.07. The van der Waals surface area contributed by atoms with Crippen LogP contribution in [-0.2, 0) is 9.47 Å². The van der Waals surface area contributed by atoms with Gasteiger partial charge in [-0.3, -0.25) is 0 Å². The zero-order valence-electron chi connectivity index (χ0n) is 10.7. The van der Waals surface area contributed by atoms with Crippen LogP contribution >= 0.6 is 11.6 Å². The number of hydrogen-bond donors (Lipinski definition) is 1. The fraction of sp³-hybridized carbons (Fsp3) is 1.00. The van der Waals surface area contributed by atoms with Gasteiger partial charge >= 0.3 is 0 Å². The average molecular weight is 296 g/mol. The summed E-state index contributed by atoms with van der Waals surface area (Å²) in [6.45, 7) is 2.01. The molecular formula is C13H23Cl2NO2. The second-order valence-electron chi connectivity index (χ2n) is 5.76. The third-order valence-electron chi connectivity index (χ3n) is 4.42. The first kappa shape index (κ1) is 14.9. The highest BCUT2D eigenvalue weighted by Crippen LogP contribution is 2.40. The Kier molecular flexibility index (Phi) is 5.18. The first-order valence-corrected chi connectivity index (χ1v) is 7.50. The van der Waals surface area contributed by atoms with E-state index < -0.39 is 0 Å². The van der Waals surface area contributed by atoms with Crippen molar-refractivity contribution >= 4 is 11.6 Å². The number of piperidine rings is 1. The average Bonchev–Trinajstić information content (AvgIpc) is 2.74. The Morgan fingerprint density at radius 3 is 2.78 bits per heavy atom. The summed E-state index contributed by atoms with van der Waals surface area (Å²) in [6.07, 6.45) is 8.39. The molecule has 3 fully saturated rings. The van der Waals surface area contributed by atoms with Crippen LogP contribution in [0.3, 0.4) is 0 Å². The summed E-state index contributed by atoms with van der Waals surface area (Å²) in [5, 5.41) is 2.68. The number of quaternary nitrogens is 1. The highest BCUT2D eigenvalue weighted by molar-refractivity contribution is 6.20. The summed E-state index contributed by atoms with van der Waals surface area (Å²) < 4.78 is 12.3. The van der Waals surface area contributed by atoms with Gasteiger partial charge in [0.1, 0.15) is 12.1 Å². The van der Waals surface area contributed by atoms with Crippen LogP contribution in [0.15, 0.2) is 0 Å². The van der Waals surface area contributed by atoms with Crippen molar-refractivity contribution in [2.75, 3.05) is 13.2 Å². The fourth-order valence-corrected chi connectivity index (χ4v) is 3.86. The predicted molar refractivity (Wildman–Crippen MR) is 66.1 cm³/mol. The quantitative estimate of drug-likeness (QED) is 0.592. The third kappa shape index (κ3) is 3.13. The van der Waals surface area contributed by atoms with Gasteiger partial charge in [-0.15, -0.1) is 11.6 Å². The number of rotatable bonds is 1. The van der Waals surface area contributed by atoms with Gasteiger partial charge in [-0.25, -0.2) is 0 Å². The lowest BCUT2D eigenvalue weighted by Crippen LogP contribution is -3.00. The summed E-state index contributed by atoms with van der Waals surface area (Å²) in [5.74, 6) is -0.333. The second-order valence-corrected chi connectivity index (χ2v) is 6.37. The van der Waals surface area contributed by atoms with Crippen LogP contribution in [0.5, 0.6) is 0 Å². The lowest BCUT2D eigenvalue weighted by Gasteiger charge is -2.35. The summed E-state index contributed by atoms with van der Waals surface area (Å²) in [5.41, 5.74) is 0. The third-order valence-corrected chi connectivity index (χ3v) is 4.80. The molecule has 2 aliphatic heterocycles. The molecule has 0 aromatic heterocycles. The van der Waals surface area contributed by atoms with Crippen LogP contribution in [0.1, 0.15) is 44.9 Å². The van der Waals surface area contributed by atoms with Crippen molar-refractivity contribution in [3.05, 3.63) is 0 Å². The maximum absolute atomic E-state index is 6.26. The Hall–Kier alpha value is 0.460. The standard InChI is InChI=1S/C13H22ClNO2.ClH/c14-10-4-3-6-13(8-10)16-9-12(17-13)11-5-1-2-7-15-11;/h10-12,15H,1-9H2;1H. The highest BCUT2D eigenvalue weighted by atomic mass is 35.5. The van der Waals surface area contributed by atoms with Crippen LogP contribution in [0.4, 0.5) is 0 Å². The molecule has 0 radical (unpaired) electrons. The molecule has 0 aromatic rings. The van der Waals surface area contributed by atoms with Crippen molar-refractivity contribution in [3.8, 4) is 0 Å². The lowest BCUT2D eigenvalue weighted by atomic mass is 9.93. The number of nitrogens with two attached hydrogens (primary N) is 1. The maximum atomic E-state index is 6.26. The molecule has 0 amide bonds. The zero-order chi connectivity index (χ0) is 11.7. The Bertz CT molecular complexity index is 274. The Morgan fingerprint density at radius 1 is 1.17 bits per heavy atom. The van der Waals surface area contributed by atoms with Crippen molar-refractivity contribution in [3.63, 3.8) is 0 Å². The normalized spacial score (nSPS) is 44.8. The van der Waals surface area contributed by atoms with Crippen LogP contribution < -0.4 is 17.7 Å². The topological polar surface area (TPSA) is 35.1 Å². The maximum Gasteiger partial charge on any atom is 0.170 e. The molecule has 2 saturated heterocycles. The first-order chi connectivity index (χ1) is 8.27. The van der Waals surface area contributed by atoms with Crippen molar-refractivity contribution in [1.82, 2.24) is 0 Å². The van der Waals surface area contributed by atoms with Crippen LogP contribution in [0.25, 0.3) is 0 Å². The van der Waals surface area contributed by atoms with Gasteiger partial charge in [0.05, 0.1) is 13.2 Å². The Morgan fingerprint density at radius 2 is 2.06 bits per heavy atom. The molecule has 2 heterocycles. The van der Waals surface area contributed by atoms with E-state index in [-0.39, 0.29) is 29.7 Å². The van der Waals surface area contributed by atoms with Crippen molar-refractivity contribution in [1.29, 1.82) is 0 Å². The van der Waals surface area contributed by atoms with Gasteiger partial charge in [-0.05, 0) is 25.7 Å². The molecule has 3 nitrogen and oxygen atoms in total. The highest BCUT2D eigenvalue weighted by Gasteiger charge is 2.47. The molecule has 3 aliphatic rings. The van der Waals surface area contributed by atoms with Gasteiger partial charge in [0.15, 0.2) is 5.79 Å². The van der Waals surface area contributed by atoms with Gasteiger partial charge in [0, 0.05) is 24.6 Å². The van der Waals surface area contributed by atoms with Gasteiger partial charge in [-0.1, -0.05) is 0 Å². The number of alkyl halides is 1. The molecule has 106 valence electrons. The molecule has 1 spiro atoms. The second kappa shape index (κ2) is 6.27. The van der Waals surface area contributed by atoms with E-state index in [1.807, 2.05) is 0 Å². The Labute approximate surface area is 120 Å². The van der Waals surface area contributed by atoms with Crippen LogP contribution in [-0.4, -0.2) is 36.5 Å². The van der Waals surface area contributed by atoms with Crippen molar-refractivity contribution < 1.29 is 27.2 Å². The minimum Gasteiger partial charge on any atom is -1.00 e. The SMILES string of the molecule is ClC1CCCC2(C1)OCC(C1CCCC[NH2+]1)O2.[Cl-]. The fourth-order valence-electron chi connectivity index (χ4n) is 3.47. The number of ether oxygens (including phenoxy) is 2. The minimum absolute atomic E-state index is 0. The van der Waals surface area contributed by atoms with Crippen molar-refractivity contribution in [2.45, 2.75) is 68.3 Å². The summed E-state index contributed by atoms with van der Waals surface area (Å²) in [7, 11) is 0. The van der Waals surface area contributed by atoms with Crippen molar-refractivity contribution in [2.24, 2.45) is 0 Å². The van der Waals surface area contributed by atoms with Gasteiger partial charge in [-0.2, -0.15) is 0 Å². The largest absolute Gasteiger partial charge is 1.00 e. The predicted octanol–water partition coefficient (Wildman–Crippen LogP) is -1.60. The van der Waals surface area contributed by atoms with E-state index >= 15 is 0 Å². The molecule has 18 heavy (non-hydrogen) atoms. The molecule has 4 unspecified atom stereocenters. The summed E-state index contributed by atoms with van der Waals surface area (Å²) in [4.78, 5) is 0. The van der Waals surface area contributed by atoms with Gasteiger partial charge in [0.2, 0.25) is 0 Å². The monoisotopic (exact) mass is 295 g/mol. The van der Waals surface area contributed by atoms with E-state index in [2.05, 4.69) is 5.32 Å². The lowest BCUT2D eigenvalue weighted by molar-refractivity contribution is -0.704. The van der Waals surface area contributed by atoms with E-state index in [0.29, 0.717) is 6.04 Å². The molecule has 5 heteroatoms. The van der Waals surface area contributed by atoms with Crippen LogP contribution in [0, 0.1) is 0 Å². The molecular weight excluding hydrogens is 273 g/mol. The van der Waals surface area contributed by atoms with Gasteiger partial charge in [0.25, 0.3) is 0 Å². The molecule has 3 rings (SSSR count). The molecule has 4 atom stereocenters. The van der Waals surface area contributed by atoms with Gasteiger partial charge < -0.3 is 27.2 Å². The summed E-state index contributed by atoms with van der Waals surface area (Å²) in [6, 6.07) is 0.610. The van der Waals surface area contributed by atoms with Crippen LogP contribution in [0.2, 0.25) is 0 Å². The zero-order valence-corrected chi connectivity index (χ0v) is 12.3.